The molecule has 0 aromatic heterocycles. The second-order valence-corrected chi connectivity index (χ2v) is 3.80. The van der Waals surface area contributed by atoms with Crippen LogP contribution in [-0.2, 0) is 14.3 Å². The highest BCUT2D eigenvalue weighted by molar-refractivity contribution is 5.85. The second-order valence-electron chi connectivity index (χ2n) is 3.80. The zero-order chi connectivity index (χ0) is 11.4. The Balaban J connectivity index is 0. The van der Waals surface area contributed by atoms with Crippen molar-refractivity contribution < 1.29 is 19.4 Å². The molecule has 0 heterocycles. The summed E-state index contributed by atoms with van der Waals surface area (Å²) in [6.45, 7) is 5.21. The summed E-state index contributed by atoms with van der Waals surface area (Å²) in [6.07, 6.45) is -0.663. The summed E-state index contributed by atoms with van der Waals surface area (Å²) >= 11 is 0. The maximum Gasteiger partial charge on any atom is 0.325 e. The van der Waals surface area contributed by atoms with E-state index in [4.69, 9.17) is 15.6 Å². The summed E-state index contributed by atoms with van der Waals surface area (Å²) in [5, 5.41) is 10.8. The van der Waals surface area contributed by atoms with Crippen LogP contribution in [0.1, 0.15) is 20.8 Å². The van der Waals surface area contributed by atoms with Crippen molar-refractivity contribution in [2.24, 2.45) is 5.73 Å². The lowest BCUT2D eigenvalue weighted by atomic mass is 10.2. The molecule has 2 unspecified atom stereocenters. The SMILES string of the molecule is CC(C)(C)OC(NC=O)C(N)C(=O)O.Cl. The van der Waals surface area contributed by atoms with Crippen molar-refractivity contribution in [3.8, 4) is 0 Å². The van der Waals surface area contributed by atoms with Gasteiger partial charge in [-0.05, 0) is 20.8 Å². The van der Waals surface area contributed by atoms with Crippen molar-refractivity contribution >= 4 is 24.8 Å². The number of ether oxygens (including phenoxy) is 1. The van der Waals surface area contributed by atoms with Crippen LogP contribution >= 0.6 is 12.4 Å². The lowest BCUT2D eigenvalue weighted by Crippen LogP contribution is -2.53. The van der Waals surface area contributed by atoms with Crippen LogP contribution in [0.3, 0.4) is 0 Å². The quantitative estimate of drug-likeness (QED) is 0.453. The zero-order valence-corrected chi connectivity index (χ0v) is 9.71. The molecule has 0 fully saturated rings. The van der Waals surface area contributed by atoms with Gasteiger partial charge in [-0.2, -0.15) is 0 Å². The van der Waals surface area contributed by atoms with Gasteiger partial charge < -0.3 is 20.9 Å². The van der Waals surface area contributed by atoms with Crippen molar-refractivity contribution in [2.75, 3.05) is 0 Å². The number of carbonyl (C=O) groups excluding carboxylic acids is 1. The number of carboxylic acids is 1. The van der Waals surface area contributed by atoms with Gasteiger partial charge in [0.2, 0.25) is 6.41 Å². The summed E-state index contributed by atoms with van der Waals surface area (Å²) in [6, 6.07) is -1.28. The van der Waals surface area contributed by atoms with Gasteiger partial charge in [-0.1, -0.05) is 0 Å². The maximum absolute atomic E-state index is 10.5. The molecule has 6 nitrogen and oxygen atoms in total. The van der Waals surface area contributed by atoms with E-state index in [1.54, 1.807) is 20.8 Å². The number of amides is 1. The van der Waals surface area contributed by atoms with Crippen molar-refractivity contribution in [1.82, 2.24) is 5.32 Å². The van der Waals surface area contributed by atoms with Gasteiger partial charge in [0.05, 0.1) is 5.60 Å². The van der Waals surface area contributed by atoms with E-state index < -0.39 is 23.8 Å². The standard InChI is InChI=1S/C8H16N2O4.ClH/c1-8(2,3)14-6(10-4-11)5(9)7(12)13;/h4-6H,9H2,1-3H3,(H,10,11)(H,12,13);1H. The van der Waals surface area contributed by atoms with E-state index >= 15 is 0 Å². The van der Waals surface area contributed by atoms with Crippen LogP contribution in [0.4, 0.5) is 0 Å². The van der Waals surface area contributed by atoms with E-state index in [0.717, 1.165) is 0 Å². The van der Waals surface area contributed by atoms with Gasteiger partial charge in [0, 0.05) is 0 Å². The molecular weight excluding hydrogens is 224 g/mol. The summed E-state index contributed by atoms with van der Waals surface area (Å²) in [5.41, 5.74) is 4.73. The Hall–Kier alpha value is -0.850. The van der Waals surface area contributed by atoms with Crippen molar-refractivity contribution in [3.05, 3.63) is 0 Å². The number of nitrogens with one attached hydrogen (secondary N) is 1. The van der Waals surface area contributed by atoms with Crippen LogP contribution in [0.5, 0.6) is 0 Å². The summed E-state index contributed by atoms with van der Waals surface area (Å²) in [5.74, 6) is -1.23. The third-order valence-corrected chi connectivity index (χ3v) is 1.32. The molecule has 0 rings (SSSR count). The number of carbonyl (C=O) groups is 2. The Morgan fingerprint density at radius 2 is 2.00 bits per heavy atom. The van der Waals surface area contributed by atoms with Crippen LogP contribution in [0, 0.1) is 0 Å². The lowest BCUT2D eigenvalue weighted by Gasteiger charge is -2.28. The number of nitrogens with two attached hydrogens (primary N) is 1. The summed E-state index contributed by atoms with van der Waals surface area (Å²) < 4.78 is 5.25. The molecule has 0 spiro atoms. The maximum atomic E-state index is 10.5. The first-order valence-electron chi connectivity index (χ1n) is 4.14. The van der Waals surface area contributed by atoms with Crippen molar-refractivity contribution in [2.45, 2.75) is 38.6 Å². The molecule has 0 aromatic rings. The highest BCUT2D eigenvalue weighted by atomic mass is 35.5. The predicted octanol–water partition coefficient (Wildman–Crippen LogP) is -0.293. The Labute approximate surface area is 94.6 Å². The van der Waals surface area contributed by atoms with E-state index in [-0.39, 0.29) is 12.4 Å². The van der Waals surface area contributed by atoms with Gasteiger partial charge >= 0.3 is 5.97 Å². The molecular formula is C8H17ClN2O4. The first-order valence-corrected chi connectivity index (χ1v) is 4.14. The van der Waals surface area contributed by atoms with E-state index in [9.17, 15) is 9.59 Å². The molecule has 7 heteroatoms. The third-order valence-electron chi connectivity index (χ3n) is 1.32. The minimum absolute atomic E-state index is 0. The van der Waals surface area contributed by atoms with Gasteiger partial charge in [-0.15, -0.1) is 12.4 Å². The normalized spacial score (nSPS) is 14.7. The molecule has 0 radical (unpaired) electrons. The van der Waals surface area contributed by atoms with Crippen LogP contribution in [-0.4, -0.2) is 35.4 Å². The number of aliphatic carboxylic acids is 1. The topological polar surface area (TPSA) is 102 Å². The average Bonchev–Trinajstić information content (AvgIpc) is 1.99. The van der Waals surface area contributed by atoms with E-state index in [1.165, 1.54) is 0 Å². The Bertz CT molecular complexity index is 217. The molecule has 0 bridgehead atoms. The largest absolute Gasteiger partial charge is 0.480 e. The number of hydrogen-bond donors (Lipinski definition) is 3. The smallest absolute Gasteiger partial charge is 0.325 e. The van der Waals surface area contributed by atoms with Crippen molar-refractivity contribution in [1.29, 1.82) is 0 Å². The molecule has 0 aliphatic rings. The molecule has 0 aromatic carbocycles. The fraction of sp³-hybridized carbons (Fsp3) is 0.750. The summed E-state index contributed by atoms with van der Waals surface area (Å²) in [7, 11) is 0. The van der Waals surface area contributed by atoms with E-state index in [2.05, 4.69) is 5.32 Å². The first-order chi connectivity index (χ1) is 6.28. The Kier molecular flexibility index (Phi) is 7.29. The van der Waals surface area contributed by atoms with E-state index in [1.807, 2.05) is 0 Å². The molecule has 1 amide bonds. The molecule has 0 aliphatic carbocycles. The predicted molar refractivity (Wildman–Crippen MR) is 56.7 cm³/mol. The lowest BCUT2D eigenvalue weighted by molar-refractivity contribution is -0.149. The van der Waals surface area contributed by atoms with Crippen molar-refractivity contribution in [3.63, 3.8) is 0 Å². The van der Waals surface area contributed by atoms with Crippen LogP contribution < -0.4 is 11.1 Å². The highest BCUT2D eigenvalue weighted by Gasteiger charge is 2.28. The van der Waals surface area contributed by atoms with Crippen LogP contribution in [0.2, 0.25) is 0 Å². The van der Waals surface area contributed by atoms with E-state index in [0.29, 0.717) is 6.41 Å². The molecule has 0 saturated heterocycles. The molecule has 4 N–H and O–H groups in total. The fourth-order valence-electron chi connectivity index (χ4n) is 0.788. The number of rotatable bonds is 5. The minimum Gasteiger partial charge on any atom is -0.480 e. The monoisotopic (exact) mass is 240 g/mol. The Morgan fingerprint density at radius 3 is 2.27 bits per heavy atom. The number of halogens is 1. The third kappa shape index (κ3) is 7.12. The first kappa shape index (κ1) is 16.6. The number of hydrogen-bond acceptors (Lipinski definition) is 4. The molecule has 2 atom stereocenters. The molecule has 15 heavy (non-hydrogen) atoms. The van der Waals surface area contributed by atoms with Crippen LogP contribution in [0.15, 0.2) is 0 Å². The minimum atomic E-state index is -1.28. The summed E-state index contributed by atoms with van der Waals surface area (Å²) in [4.78, 5) is 20.7. The Morgan fingerprint density at radius 1 is 1.53 bits per heavy atom. The van der Waals surface area contributed by atoms with Gasteiger partial charge in [0.15, 0.2) is 6.23 Å². The highest BCUT2D eigenvalue weighted by Crippen LogP contribution is 2.10. The average molecular weight is 241 g/mol. The fourth-order valence-corrected chi connectivity index (χ4v) is 0.788. The second kappa shape index (κ2) is 6.60. The molecule has 90 valence electrons. The van der Waals surface area contributed by atoms with Gasteiger partial charge in [0.25, 0.3) is 0 Å². The van der Waals surface area contributed by atoms with Gasteiger partial charge in [-0.3, -0.25) is 9.59 Å². The van der Waals surface area contributed by atoms with Gasteiger partial charge in [0.1, 0.15) is 6.04 Å². The zero-order valence-electron chi connectivity index (χ0n) is 8.89. The molecule has 0 saturated carbocycles. The van der Waals surface area contributed by atoms with Crippen LogP contribution in [0.25, 0.3) is 0 Å². The van der Waals surface area contributed by atoms with Gasteiger partial charge in [-0.25, -0.2) is 0 Å². The molecule has 0 aliphatic heterocycles. The number of carboxylic acid groups (broad SMARTS) is 1.